The van der Waals surface area contributed by atoms with Crippen molar-refractivity contribution in [2.24, 2.45) is 0 Å². The molecule has 0 bridgehead atoms. The van der Waals surface area contributed by atoms with E-state index in [2.05, 4.69) is 4.98 Å². The number of rotatable bonds is 2. The van der Waals surface area contributed by atoms with Crippen LogP contribution in [0.2, 0.25) is 0 Å². The number of benzene rings is 1. The lowest BCUT2D eigenvalue weighted by Gasteiger charge is -2.26. The lowest BCUT2D eigenvalue weighted by molar-refractivity contribution is -0.141. The second-order valence-electron chi connectivity index (χ2n) is 6.57. The second-order valence-corrected chi connectivity index (χ2v) is 6.57. The number of hydrogen-bond acceptors (Lipinski definition) is 4. The predicted molar refractivity (Wildman–Crippen MR) is 98.6 cm³/mol. The molecule has 2 aromatic heterocycles. The Morgan fingerprint density at radius 1 is 1.07 bits per heavy atom. The van der Waals surface area contributed by atoms with Gasteiger partial charge in [0.1, 0.15) is 5.65 Å². The number of ether oxygens (including phenoxy) is 1. The zero-order valence-electron chi connectivity index (χ0n) is 15.1. The standard InChI is InChI=1S/C20H16F3N3O3/c21-20(22,23)16-12-17(27)26-7-1-2-15(18(26)24-16)13-3-5-14(6-4-13)19(28)25-8-10-29-11-9-25/h1-7,12H,8-11H2. The van der Waals surface area contributed by atoms with Crippen molar-refractivity contribution in [3.05, 3.63) is 70.3 Å². The number of halogens is 3. The molecule has 1 saturated heterocycles. The van der Waals surface area contributed by atoms with E-state index in [0.717, 1.165) is 4.40 Å². The van der Waals surface area contributed by atoms with Crippen LogP contribution in [0.3, 0.4) is 0 Å². The molecule has 3 heterocycles. The Labute approximate surface area is 163 Å². The summed E-state index contributed by atoms with van der Waals surface area (Å²) in [6.45, 7) is 2.00. The predicted octanol–water partition coefficient (Wildman–Crippen LogP) is 2.85. The van der Waals surface area contributed by atoms with Crippen molar-refractivity contribution < 1.29 is 22.7 Å². The van der Waals surface area contributed by atoms with E-state index in [9.17, 15) is 22.8 Å². The molecule has 9 heteroatoms. The molecule has 29 heavy (non-hydrogen) atoms. The van der Waals surface area contributed by atoms with Crippen LogP contribution in [0.25, 0.3) is 16.8 Å². The first-order chi connectivity index (χ1) is 13.8. The highest BCUT2D eigenvalue weighted by Gasteiger charge is 2.33. The van der Waals surface area contributed by atoms with Gasteiger partial charge in [-0.1, -0.05) is 12.1 Å². The van der Waals surface area contributed by atoms with E-state index in [-0.39, 0.29) is 11.6 Å². The summed E-state index contributed by atoms with van der Waals surface area (Å²) in [6.07, 6.45) is -3.36. The molecule has 3 aromatic rings. The van der Waals surface area contributed by atoms with Crippen LogP contribution in [-0.4, -0.2) is 46.5 Å². The van der Waals surface area contributed by atoms with Gasteiger partial charge in [-0.2, -0.15) is 13.2 Å². The summed E-state index contributed by atoms with van der Waals surface area (Å²) in [4.78, 5) is 30.0. The van der Waals surface area contributed by atoms with Crippen molar-refractivity contribution in [3.63, 3.8) is 0 Å². The maximum atomic E-state index is 13.1. The number of hydrogen-bond donors (Lipinski definition) is 0. The van der Waals surface area contributed by atoms with E-state index in [1.165, 1.54) is 6.20 Å². The van der Waals surface area contributed by atoms with Gasteiger partial charge in [-0.15, -0.1) is 0 Å². The van der Waals surface area contributed by atoms with Gasteiger partial charge in [0.25, 0.3) is 11.5 Å². The van der Waals surface area contributed by atoms with Gasteiger partial charge in [0.05, 0.1) is 13.2 Å². The molecule has 0 saturated carbocycles. The summed E-state index contributed by atoms with van der Waals surface area (Å²) >= 11 is 0. The molecule has 0 atom stereocenters. The summed E-state index contributed by atoms with van der Waals surface area (Å²) in [5, 5.41) is 0. The summed E-state index contributed by atoms with van der Waals surface area (Å²) in [7, 11) is 0. The number of fused-ring (bicyclic) bond motifs is 1. The highest BCUT2D eigenvalue weighted by molar-refractivity contribution is 5.95. The van der Waals surface area contributed by atoms with Gasteiger partial charge in [0, 0.05) is 36.5 Å². The minimum absolute atomic E-state index is 0.0976. The number of carbonyl (C=O) groups excluding carboxylic acids is 1. The van der Waals surface area contributed by atoms with Crippen LogP contribution in [-0.2, 0) is 10.9 Å². The van der Waals surface area contributed by atoms with Crippen LogP contribution in [0, 0.1) is 0 Å². The van der Waals surface area contributed by atoms with E-state index in [4.69, 9.17) is 4.74 Å². The molecule has 0 unspecified atom stereocenters. The molecule has 4 rings (SSSR count). The number of nitrogens with zero attached hydrogens (tertiary/aromatic N) is 3. The molecule has 1 aliphatic heterocycles. The Bertz CT molecular complexity index is 1120. The van der Waals surface area contributed by atoms with E-state index in [0.29, 0.717) is 49.1 Å². The number of pyridine rings is 1. The summed E-state index contributed by atoms with van der Waals surface area (Å²) < 4.78 is 45.6. The average molecular weight is 403 g/mol. The molecular weight excluding hydrogens is 387 g/mol. The maximum Gasteiger partial charge on any atom is 0.433 e. The van der Waals surface area contributed by atoms with Gasteiger partial charge >= 0.3 is 6.18 Å². The Morgan fingerprint density at radius 3 is 2.41 bits per heavy atom. The van der Waals surface area contributed by atoms with Crippen molar-refractivity contribution in [2.45, 2.75) is 6.18 Å². The van der Waals surface area contributed by atoms with Gasteiger partial charge in [-0.25, -0.2) is 4.98 Å². The SMILES string of the molecule is O=C(c1ccc(-c2cccn3c(=O)cc(C(F)(F)F)nc23)cc1)N1CCOCC1. The van der Waals surface area contributed by atoms with E-state index < -0.39 is 17.4 Å². The number of amides is 1. The lowest BCUT2D eigenvalue weighted by Crippen LogP contribution is -2.40. The first-order valence-electron chi connectivity index (χ1n) is 8.92. The van der Waals surface area contributed by atoms with Crippen LogP contribution in [0.4, 0.5) is 13.2 Å². The third kappa shape index (κ3) is 3.73. The van der Waals surface area contributed by atoms with Crippen molar-refractivity contribution in [1.82, 2.24) is 14.3 Å². The Hall–Kier alpha value is -3.20. The average Bonchev–Trinajstić information content (AvgIpc) is 2.73. The van der Waals surface area contributed by atoms with Crippen LogP contribution in [0.15, 0.2) is 53.5 Å². The molecule has 1 amide bonds. The molecule has 150 valence electrons. The zero-order chi connectivity index (χ0) is 20.6. The number of alkyl halides is 3. The van der Waals surface area contributed by atoms with Gasteiger partial charge in [-0.3, -0.25) is 14.0 Å². The first-order valence-corrected chi connectivity index (χ1v) is 8.92. The fourth-order valence-corrected chi connectivity index (χ4v) is 3.24. The maximum absolute atomic E-state index is 13.1. The van der Waals surface area contributed by atoms with E-state index in [1.807, 2.05) is 0 Å². The van der Waals surface area contributed by atoms with Crippen LogP contribution >= 0.6 is 0 Å². The molecule has 0 aliphatic carbocycles. The number of aromatic nitrogens is 2. The van der Waals surface area contributed by atoms with Crippen molar-refractivity contribution >= 4 is 11.6 Å². The van der Waals surface area contributed by atoms with Crippen LogP contribution in [0.1, 0.15) is 16.1 Å². The quantitative estimate of drug-likeness (QED) is 0.660. The Morgan fingerprint density at radius 2 is 1.76 bits per heavy atom. The molecule has 1 aromatic carbocycles. The first kappa shape index (κ1) is 19.1. The van der Waals surface area contributed by atoms with Crippen molar-refractivity contribution in [2.75, 3.05) is 26.3 Å². The van der Waals surface area contributed by atoms with Crippen LogP contribution in [0.5, 0.6) is 0 Å². The van der Waals surface area contributed by atoms with E-state index >= 15 is 0 Å². The summed E-state index contributed by atoms with van der Waals surface area (Å²) in [6, 6.07) is 10.1. The molecule has 0 N–H and O–H groups in total. The molecule has 0 spiro atoms. The fraction of sp³-hybridized carbons (Fsp3) is 0.250. The summed E-state index contributed by atoms with van der Waals surface area (Å²) in [5.41, 5.74) is -0.775. The van der Waals surface area contributed by atoms with E-state index in [1.54, 1.807) is 41.3 Å². The lowest BCUT2D eigenvalue weighted by atomic mass is 10.0. The van der Waals surface area contributed by atoms with Gasteiger partial charge < -0.3 is 9.64 Å². The Kier molecular flexibility index (Phi) is 4.83. The third-order valence-electron chi connectivity index (χ3n) is 4.72. The normalized spacial score (nSPS) is 14.9. The van der Waals surface area contributed by atoms with Crippen molar-refractivity contribution in [3.8, 4) is 11.1 Å². The highest BCUT2D eigenvalue weighted by Crippen LogP contribution is 2.29. The Balaban J connectivity index is 1.74. The van der Waals surface area contributed by atoms with Crippen molar-refractivity contribution in [1.29, 1.82) is 0 Å². The van der Waals surface area contributed by atoms with Crippen LogP contribution < -0.4 is 5.56 Å². The molecule has 0 radical (unpaired) electrons. The van der Waals surface area contributed by atoms with Gasteiger partial charge in [0.15, 0.2) is 5.69 Å². The molecular formula is C20H16F3N3O3. The minimum atomic E-state index is -4.73. The fourth-order valence-electron chi connectivity index (χ4n) is 3.24. The topological polar surface area (TPSA) is 63.9 Å². The number of morpholine rings is 1. The second kappa shape index (κ2) is 7.32. The highest BCUT2D eigenvalue weighted by atomic mass is 19.4. The molecule has 6 nitrogen and oxygen atoms in total. The van der Waals surface area contributed by atoms with Gasteiger partial charge in [0.2, 0.25) is 0 Å². The minimum Gasteiger partial charge on any atom is -0.378 e. The summed E-state index contributed by atoms with van der Waals surface area (Å²) in [5.74, 6) is -0.133. The van der Waals surface area contributed by atoms with Gasteiger partial charge in [-0.05, 0) is 29.8 Å². The monoisotopic (exact) mass is 403 g/mol. The zero-order valence-corrected chi connectivity index (χ0v) is 15.1. The smallest absolute Gasteiger partial charge is 0.378 e. The largest absolute Gasteiger partial charge is 0.433 e. The third-order valence-corrected chi connectivity index (χ3v) is 4.72. The molecule has 1 fully saturated rings. The number of carbonyl (C=O) groups is 1. The molecule has 1 aliphatic rings.